The molecule has 2 aromatic carbocycles. The Morgan fingerprint density at radius 3 is 2.71 bits per heavy atom. The molecular weight excluding hydrogens is 392 g/mol. The summed E-state index contributed by atoms with van der Waals surface area (Å²) in [6.45, 7) is 2.04. The fourth-order valence-corrected chi connectivity index (χ4v) is 5.22. The first-order chi connectivity index (χ1) is 13.4. The molecule has 1 N–H and O–H groups in total. The minimum Gasteiger partial charge on any atom is -0.360 e. The Hall–Kier alpha value is -2.58. The number of hydrogen-bond donors (Lipinski definition) is 1. The van der Waals surface area contributed by atoms with Gasteiger partial charge >= 0.3 is 0 Å². The third-order valence-corrected chi connectivity index (χ3v) is 6.54. The summed E-state index contributed by atoms with van der Waals surface area (Å²) < 4.78 is 25.0. The number of fused-ring (bicyclic) bond motifs is 1. The molecule has 2 heterocycles. The molecular formula is C20H20N4O2S2. The molecule has 0 bridgehead atoms. The first-order valence-corrected chi connectivity index (χ1v) is 11.9. The third kappa shape index (κ3) is 3.83. The number of benzene rings is 2. The van der Waals surface area contributed by atoms with Gasteiger partial charge < -0.3 is 4.98 Å². The molecule has 0 fully saturated rings. The van der Waals surface area contributed by atoms with Crippen LogP contribution in [0.25, 0.3) is 28.0 Å². The van der Waals surface area contributed by atoms with Crippen LogP contribution in [0.3, 0.4) is 0 Å². The van der Waals surface area contributed by atoms with Crippen molar-refractivity contribution < 1.29 is 8.42 Å². The Morgan fingerprint density at radius 2 is 1.93 bits per heavy atom. The fourth-order valence-electron chi connectivity index (χ4n) is 3.08. The third-order valence-electron chi connectivity index (χ3n) is 4.41. The molecule has 28 heavy (non-hydrogen) atoms. The Morgan fingerprint density at radius 1 is 1.11 bits per heavy atom. The minimum absolute atomic E-state index is 0.0980. The summed E-state index contributed by atoms with van der Waals surface area (Å²) in [4.78, 5) is 3.28. The number of aryl methyl sites for hydroxylation is 1. The van der Waals surface area contributed by atoms with Crippen molar-refractivity contribution in [1.82, 2.24) is 19.7 Å². The number of nitrogens with one attached hydrogen (secondary N) is 1. The first kappa shape index (κ1) is 18.8. The Labute approximate surface area is 167 Å². The van der Waals surface area contributed by atoms with Gasteiger partial charge in [-0.15, -0.1) is 10.2 Å². The van der Waals surface area contributed by atoms with Gasteiger partial charge in [-0.1, -0.05) is 42.1 Å². The summed E-state index contributed by atoms with van der Waals surface area (Å²) in [5.41, 5.74) is 4.07. The largest absolute Gasteiger partial charge is 0.360 e. The molecule has 0 aliphatic carbocycles. The molecule has 0 unspecified atom stereocenters. The summed E-state index contributed by atoms with van der Waals surface area (Å²) in [6, 6.07) is 16.2. The van der Waals surface area contributed by atoms with Gasteiger partial charge in [-0.05, 0) is 30.7 Å². The van der Waals surface area contributed by atoms with Gasteiger partial charge in [0.25, 0.3) is 0 Å². The summed E-state index contributed by atoms with van der Waals surface area (Å²) >= 11 is 1.40. The van der Waals surface area contributed by atoms with E-state index in [0.29, 0.717) is 10.9 Å². The lowest BCUT2D eigenvalue weighted by Gasteiger charge is -2.10. The Balaban J connectivity index is 1.82. The second kappa shape index (κ2) is 7.44. The first-order valence-electron chi connectivity index (χ1n) is 8.82. The summed E-state index contributed by atoms with van der Waals surface area (Å²) in [7, 11) is -3.03. The Kier molecular flexibility index (Phi) is 4.99. The second-order valence-electron chi connectivity index (χ2n) is 6.71. The van der Waals surface area contributed by atoms with Gasteiger partial charge in [0.1, 0.15) is 9.84 Å². The highest BCUT2D eigenvalue weighted by Crippen LogP contribution is 2.32. The van der Waals surface area contributed by atoms with Crippen molar-refractivity contribution >= 4 is 32.5 Å². The standard InChI is InChI=1S/C20H20N4O2S2/c1-14-6-5-7-15(12-14)24-19(17-13-21-18-9-4-3-8-16(17)18)22-23-20(24)27-10-11-28(2,25)26/h3-9,12-13,21H,10-11H2,1-2H3. The number of sulfone groups is 1. The van der Waals surface area contributed by atoms with E-state index in [1.54, 1.807) is 0 Å². The zero-order valence-corrected chi connectivity index (χ0v) is 17.2. The molecule has 4 rings (SSSR count). The van der Waals surface area contributed by atoms with Crippen molar-refractivity contribution in [3.8, 4) is 17.1 Å². The van der Waals surface area contributed by atoms with Gasteiger partial charge in [0.2, 0.25) is 0 Å². The maximum atomic E-state index is 11.5. The number of H-pyrrole nitrogens is 1. The monoisotopic (exact) mass is 412 g/mol. The SMILES string of the molecule is Cc1cccc(-n2c(SCCS(C)(=O)=O)nnc2-c2c[nH]c3ccccc23)c1. The van der Waals surface area contributed by atoms with Crippen molar-refractivity contribution in [2.75, 3.05) is 17.8 Å². The minimum atomic E-state index is -3.03. The van der Waals surface area contributed by atoms with Gasteiger partial charge in [-0.2, -0.15) is 0 Å². The van der Waals surface area contributed by atoms with Crippen LogP contribution in [0.15, 0.2) is 59.9 Å². The normalized spacial score (nSPS) is 11.9. The summed E-state index contributed by atoms with van der Waals surface area (Å²) in [5.74, 6) is 1.25. The van der Waals surface area contributed by atoms with E-state index < -0.39 is 9.84 Å². The van der Waals surface area contributed by atoms with Crippen molar-refractivity contribution in [1.29, 1.82) is 0 Å². The lowest BCUT2D eigenvalue weighted by molar-refractivity contribution is 0.603. The molecule has 8 heteroatoms. The fraction of sp³-hybridized carbons (Fsp3) is 0.200. The zero-order chi connectivity index (χ0) is 19.7. The topological polar surface area (TPSA) is 80.6 Å². The molecule has 4 aromatic rings. The maximum Gasteiger partial charge on any atom is 0.196 e. The highest BCUT2D eigenvalue weighted by atomic mass is 32.2. The van der Waals surface area contributed by atoms with E-state index in [4.69, 9.17) is 0 Å². The van der Waals surface area contributed by atoms with E-state index in [1.165, 1.54) is 18.0 Å². The van der Waals surface area contributed by atoms with Crippen LogP contribution in [0.2, 0.25) is 0 Å². The quantitative estimate of drug-likeness (QED) is 0.487. The van der Waals surface area contributed by atoms with Crippen LogP contribution in [0.4, 0.5) is 0 Å². The van der Waals surface area contributed by atoms with Crippen molar-refractivity contribution in [2.24, 2.45) is 0 Å². The molecule has 6 nitrogen and oxygen atoms in total. The van der Waals surface area contributed by atoms with Gasteiger partial charge in [0.15, 0.2) is 11.0 Å². The van der Waals surface area contributed by atoms with Crippen LogP contribution >= 0.6 is 11.8 Å². The lowest BCUT2D eigenvalue weighted by atomic mass is 10.1. The average molecular weight is 413 g/mol. The predicted molar refractivity (Wildman–Crippen MR) is 114 cm³/mol. The zero-order valence-electron chi connectivity index (χ0n) is 15.6. The molecule has 0 atom stereocenters. The van der Waals surface area contributed by atoms with Gasteiger partial charge in [0.05, 0.1) is 5.75 Å². The highest BCUT2D eigenvalue weighted by molar-refractivity contribution is 8.00. The number of para-hydroxylation sites is 1. The second-order valence-corrected chi connectivity index (χ2v) is 10.0. The highest BCUT2D eigenvalue weighted by Gasteiger charge is 2.19. The van der Waals surface area contributed by atoms with E-state index in [-0.39, 0.29) is 5.75 Å². The Bertz CT molecular complexity index is 1240. The molecule has 0 saturated carbocycles. The average Bonchev–Trinajstić information content (AvgIpc) is 3.24. The number of aromatic nitrogens is 4. The smallest absolute Gasteiger partial charge is 0.196 e. The van der Waals surface area contributed by atoms with E-state index in [1.807, 2.05) is 60.2 Å². The number of thioether (sulfide) groups is 1. The molecule has 0 aliphatic rings. The lowest BCUT2D eigenvalue weighted by Crippen LogP contribution is -2.06. The summed E-state index contributed by atoms with van der Waals surface area (Å²) in [6.07, 6.45) is 3.18. The number of aromatic amines is 1. The van der Waals surface area contributed by atoms with E-state index in [9.17, 15) is 8.42 Å². The molecule has 144 valence electrons. The molecule has 0 aliphatic heterocycles. The van der Waals surface area contributed by atoms with Crippen molar-refractivity contribution in [3.63, 3.8) is 0 Å². The van der Waals surface area contributed by atoms with Crippen LogP contribution in [0, 0.1) is 6.92 Å². The van der Waals surface area contributed by atoms with Gasteiger partial charge in [-0.3, -0.25) is 4.57 Å². The predicted octanol–water partition coefficient (Wildman–Crippen LogP) is 3.86. The van der Waals surface area contributed by atoms with Gasteiger partial charge in [0, 0.05) is 40.4 Å². The van der Waals surface area contributed by atoms with E-state index >= 15 is 0 Å². The summed E-state index contributed by atoms with van der Waals surface area (Å²) in [5, 5.41) is 10.6. The number of nitrogens with zero attached hydrogens (tertiary/aromatic N) is 3. The number of rotatable bonds is 6. The van der Waals surface area contributed by atoms with Crippen LogP contribution in [-0.4, -0.2) is 45.9 Å². The van der Waals surface area contributed by atoms with Crippen LogP contribution in [-0.2, 0) is 9.84 Å². The maximum absolute atomic E-state index is 11.5. The van der Waals surface area contributed by atoms with E-state index in [0.717, 1.165) is 33.5 Å². The molecule has 0 saturated heterocycles. The van der Waals surface area contributed by atoms with Gasteiger partial charge in [-0.25, -0.2) is 8.42 Å². The molecule has 0 amide bonds. The van der Waals surface area contributed by atoms with Crippen molar-refractivity contribution in [3.05, 3.63) is 60.3 Å². The van der Waals surface area contributed by atoms with Crippen LogP contribution in [0.5, 0.6) is 0 Å². The molecule has 2 aromatic heterocycles. The van der Waals surface area contributed by atoms with Crippen molar-refractivity contribution in [2.45, 2.75) is 12.1 Å². The van der Waals surface area contributed by atoms with E-state index in [2.05, 4.69) is 21.2 Å². The van der Waals surface area contributed by atoms with Crippen LogP contribution < -0.4 is 0 Å². The number of hydrogen-bond acceptors (Lipinski definition) is 5. The van der Waals surface area contributed by atoms with Crippen LogP contribution in [0.1, 0.15) is 5.56 Å². The molecule has 0 radical (unpaired) electrons. The molecule has 0 spiro atoms.